The number of imidazole rings is 1. The zero-order valence-corrected chi connectivity index (χ0v) is 14.6. The van der Waals surface area contributed by atoms with Gasteiger partial charge in [-0.05, 0) is 29.8 Å². The third-order valence-electron chi connectivity index (χ3n) is 4.73. The molecule has 2 aromatic heterocycles. The summed E-state index contributed by atoms with van der Waals surface area (Å²) in [6.45, 7) is 0.827. The molecule has 5 nitrogen and oxygen atoms in total. The molecule has 0 aliphatic carbocycles. The molecule has 0 atom stereocenters. The van der Waals surface area contributed by atoms with E-state index in [1.54, 1.807) is 25.3 Å². The molecule has 132 valence electrons. The maximum absolute atomic E-state index is 14.1. The van der Waals surface area contributed by atoms with Crippen molar-refractivity contribution >= 4 is 28.9 Å². The van der Waals surface area contributed by atoms with E-state index in [-0.39, 0.29) is 5.82 Å². The quantitative estimate of drug-likeness (QED) is 0.526. The first-order chi connectivity index (χ1) is 13.2. The smallest absolute Gasteiger partial charge is 0.155 e. The fraction of sp³-hybridized carbons (Fsp3) is 0.0952. The van der Waals surface area contributed by atoms with Crippen LogP contribution in [0.2, 0.25) is 0 Å². The molecule has 2 aromatic carbocycles. The zero-order valence-electron chi connectivity index (χ0n) is 14.6. The van der Waals surface area contributed by atoms with Gasteiger partial charge in [0.25, 0.3) is 0 Å². The Kier molecular flexibility index (Phi) is 3.50. The van der Waals surface area contributed by atoms with Gasteiger partial charge < -0.3 is 9.88 Å². The number of hydrogen-bond donors (Lipinski definition) is 1. The Morgan fingerprint density at radius 2 is 1.93 bits per heavy atom. The SMILES string of the molecule is CNc1nc(C=Cc2cn3c(n2)-c2ccccc2C3)nc2c(F)cccc12. The molecule has 0 fully saturated rings. The molecule has 0 spiro atoms. The summed E-state index contributed by atoms with van der Waals surface area (Å²) in [5.74, 6) is 1.64. The van der Waals surface area contributed by atoms with Gasteiger partial charge in [-0.3, -0.25) is 0 Å². The summed E-state index contributed by atoms with van der Waals surface area (Å²) in [4.78, 5) is 13.5. The molecular weight excluding hydrogens is 341 g/mol. The Morgan fingerprint density at radius 3 is 2.81 bits per heavy atom. The van der Waals surface area contributed by atoms with E-state index >= 15 is 0 Å². The Hall–Kier alpha value is -3.54. The number of nitrogens with one attached hydrogen (secondary N) is 1. The summed E-state index contributed by atoms with van der Waals surface area (Å²) in [6.07, 6.45) is 5.62. The van der Waals surface area contributed by atoms with Crippen molar-refractivity contribution in [1.29, 1.82) is 0 Å². The van der Waals surface area contributed by atoms with E-state index in [1.807, 2.05) is 24.4 Å². The second-order valence-electron chi connectivity index (χ2n) is 6.42. The van der Waals surface area contributed by atoms with E-state index in [1.165, 1.54) is 17.2 Å². The van der Waals surface area contributed by atoms with Gasteiger partial charge >= 0.3 is 0 Å². The van der Waals surface area contributed by atoms with Gasteiger partial charge in [0.1, 0.15) is 23.0 Å². The fourth-order valence-corrected chi connectivity index (χ4v) is 3.47. The van der Waals surface area contributed by atoms with Crippen LogP contribution in [0.15, 0.2) is 48.7 Å². The van der Waals surface area contributed by atoms with Gasteiger partial charge in [0.15, 0.2) is 5.82 Å². The van der Waals surface area contributed by atoms with Gasteiger partial charge in [-0.25, -0.2) is 19.3 Å². The largest absolute Gasteiger partial charge is 0.373 e. The lowest BCUT2D eigenvalue weighted by atomic mass is 10.1. The number of hydrogen-bond acceptors (Lipinski definition) is 4. The minimum Gasteiger partial charge on any atom is -0.373 e. The van der Waals surface area contributed by atoms with Gasteiger partial charge in [0.2, 0.25) is 0 Å². The van der Waals surface area contributed by atoms with E-state index in [0.29, 0.717) is 22.5 Å². The van der Waals surface area contributed by atoms with E-state index in [9.17, 15) is 4.39 Å². The molecule has 5 rings (SSSR count). The molecule has 1 N–H and O–H groups in total. The molecule has 0 saturated heterocycles. The van der Waals surface area contributed by atoms with Crippen LogP contribution in [0.3, 0.4) is 0 Å². The van der Waals surface area contributed by atoms with E-state index in [2.05, 4.69) is 32.0 Å². The van der Waals surface area contributed by atoms with Crippen molar-refractivity contribution in [2.75, 3.05) is 12.4 Å². The Morgan fingerprint density at radius 1 is 1.04 bits per heavy atom. The lowest BCUT2D eigenvalue weighted by Gasteiger charge is -2.06. The minimum absolute atomic E-state index is 0.303. The molecule has 4 aromatic rings. The molecule has 27 heavy (non-hydrogen) atoms. The van der Waals surface area contributed by atoms with Gasteiger partial charge in [-0.15, -0.1) is 0 Å². The van der Waals surface area contributed by atoms with Gasteiger partial charge in [0.05, 0.1) is 5.69 Å². The van der Waals surface area contributed by atoms with Crippen LogP contribution in [0.1, 0.15) is 17.1 Å². The lowest BCUT2D eigenvalue weighted by molar-refractivity contribution is 0.636. The van der Waals surface area contributed by atoms with E-state index < -0.39 is 0 Å². The van der Waals surface area contributed by atoms with Gasteiger partial charge in [0, 0.05) is 30.7 Å². The number of halogens is 1. The van der Waals surface area contributed by atoms with Crippen molar-refractivity contribution in [1.82, 2.24) is 19.5 Å². The second-order valence-corrected chi connectivity index (χ2v) is 6.42. The molecule has 0 bridgehead atoms. The normalized spacial score (nSPS) is 12.5. The third-order valence-corrected chi connectivity index (χ3v) is 4.73. The van der Waals surface area contributed by atoms with Crippen molar-refractivity contribution in [3.8, 4) is 11.4 Å². The number of fused-ring (bicyclic) bond motifs is 4. The van der Waals surface area contributed by atoms with Crippen molar-refractivity contribution in [3.05, 3.63) is 71.6 Å². The van der Waals surface area contributed by atoms with Crippen LogP contribution in [0.25, 0.3) is 34.4 Å². The Balaban J connectivity index is 1.52. The van der Waals surface area contributed by atoms with E-state index in [0.717, 1.165) is 18.1 Å². The van der Waals surface area contributed by atoms with Crippen LogP contribution >= 0.6 is 0 Å². The lowest BCUT2D eigenvalue weighted by Crippen LogP contribution is -1.99. The molecule has 1 aliphatic rings. The number of benzene rings is 2. The van der Waals surface area contributed by atoms with Crippen molar-refractivity contribution in [2.24, 2.45) is 0 Å². The van der Waals surface area contributed by atoms with Crippen LogP contribution in [0.5, 0.6) is 0 Å². The molecule has 0 amide bonds. The number of para-hydroxylation sites is 1. The first kappa shape index (κ1) is 15.7. The summed E-state index contributed by atoms with van der Waals surface area (Å²) >= 11 is 0. The number of rotatable bonds is 3. The highest BCUT2D eigenvalue weighted by atomic mass is 19.1. The first-order valence-electron chi connectivity index (χ1n) is 8.70. The monoisotopic (exact) mass is 357 g/mol. The average Bonchev–Trinajstić information content (AvgIpc) is 3.24. The highest BCUT2D eigenvalue weighted by molar-refractivity contribution is 5.90. The van der Waals surface area contributed by atoms with Crippen LogP contribution in [-0.4, -0.2) is 26.6 Å². The number of anilines is 1. The molecule has 3 heterocycles. The van der Waals surface area contributed by atoms with Crippen LogP contribution in [-0.2, 0) is 6.54 Å². The predicted molar refractivity (Wildman–Crippen MR) is 105 cm³/mol. The highest BCUT2D eigenvalue weighted by Gasteiger charge is 2.19. The number of aromatic nitrogens is 4. The molecule has 0 radical (unpaired) electrons. The third kappa shape index (κ3) is 2.57. The molecule has 0 saturated carbocycles. The van der Waals surface area contributed by atoms with E-state index in [4.69, 9.17) is 4.98 Å². The van der Waals surface area contributed by atoms with Crippen molar-refractivity contribution in [2.45, 2.75) is 6.54 Å². The predicted octanol–water partition coefficient (Wildman–Crippen LogP) is 4.21. The Labute approximate surface area is 155 Å². The van der Waals surface area contributed by atoms with Crippen LogP contribution in [0.4, 0.5) is 10.2 Å². The van der Waals surface area contributed by atoms with Crippen molar-refractivity contribution in [3.63, 3.8) is 0 Å². The van der Waals surface area contributed by atoms with Crippen LogP contribution in [0, 0.1) is 5.82 Å². The van der Waals surface area contributed by atoms with Crippen molar-refractivity contribution < 1.29 is 4.39 Å². The second kappa shape index (κ2) is 6.02. The fourth-order valence-electron chi connectivity index (χ4n) is 3.47. The summed E-state index contributed by atoms with van der Waals surface area (Å²) in [5.41, 5.74) is 3.57. The first-order valence-corrected chi connectivity index (χ1v) is 8.70. The maximum Gasteiger partial charge on any atom is 0.155 e. The van der Waals surface area contributed by atoms with Gasteiger partial charge in [-0.2, -0.15) is 0 Å². The number of nitrogens with zero attached hydrogens (tertiary/aromatic N) is 4. The molecule has 6 heteroatoms. The Bertz CT molecular complexity index is 1210. The summed E-state index contributed by atoms with van der Waals surface area (Å²) in [5, 5.41) is 3.67. The maximum atomic E-state index is 14.1. The highest BCUT2D eigenvalue weighted by Crippen LogP contribution is 2.31. The average molecular weight is 357 g/mol. The molecule has 0 unspecified atom stereocenters. The zero-order chi connectivity index (χ0) is 18.4. The summed E-state index contributed by atoms with van der Waals surface area (Å²) in [6, 6.07) is 13.1. The van der Waals surface area contributed by atoms with Gasteiger partial charge in [-0.1, -0.05) is 30.3 Å². The molecular formula is C21H16FN5. The molecule has 1 aliphatic heterocycles. The summed E-state index contributed by atoms with van der Waals surface area (Å²) in [7, 11) is 1.76. The summed E-state index contributed by atoms with van der Waals surface area (Å²) < 4.78 is 16.3. The topological polar surface area (TPSA) is 55.6 Å². The van der Waals surface area contributed by atoms with Crippen LogP contribution < -0.4 is 5.32 Å². The standard InChI is InChI=1S/C21H16FN5/c1-23-20-16-7-4-8-17(22)19(16)25-18(26-20)10-9-14-12-27-11-13-5-2-3-6-15(13)21(27)24-14/h2-10,12H,11H2,1H3,(H,23,25,26). The minimum atomic E-state index is -0.362.